The van der Waals surface area contributed by atoms with Gasteiger partial charge in [0, 0.05) is 13.1 Å². The fourth-order valence-electron chi connectivity index (χ4n) is 1.46. The van der Waals surface area contributed by atoms with Crippen LogP contribution in [0.2, 0.25) is 0 Å². The quantitative estimate of drug-likeness (QED) is 0.516. The zero-order valence-corrected chi connectivity index (χ0v) is 7.40. The summed E-state index contributed by atoms with van der Waals surface area (Å²) in [7, 11) is 3.75. The molecule has 0 aromatic carbocycles. The summed E-state index contributed by atoms with van der Waals surface area (Å²) in [5.41, 5.74) is 5.08. The average Bonchev–Trinajstić information content (AvgIpc) is 2.30. The molecular weight excluding hydrogens is 158 g/mol. The van der Waals surface area contributed by atoms with Gasteiger partial charge in [-0.2, -0.15) is 0 Å². The van der Waals surface area contributed by atoms with Gasteiger partial charge >= 0.3 is 6.03 Å². The molecule has 1 saturated heterocycles. The van der Waals surface area contributed by atoms with E-state index in [2.05, 4.69) is 0 Å². The molecule has 0 radical (unpaired) electrons. The van der Waals surface area contributed by atoms with Gasteiger partial charge in [-0.15, -0.1) is 0 Å². The molecule has 0 aliphatic carbocycles. The molecular formula is C7H15N3O2. The van der Waals surface area contributed by atoms with Gasteiger partial charge in [-0.3, -0.25) is 0 Å². The number of rotatable bonds is 1. The predicted molar refractivity (Wildman–Crippen MR) is 44.6 cm³/mol. The summed E-state index contributed by atoms with van der Waals surface area (Å²) >= 11 is 0. The molecule has 0 aromatic heterocycles. The zero-order chi connectivity index (χ0) is 9.30. The summed E-state index contributed by atoms with van der Waals surface area (Å²) in [6.45, 7) is 0.863. The Hall–Kier alpha value is -0.810. The van der Waals surface area contributed by atoms with Crippen LogP contribution < -0.4 is 5.73 Å². The Kier molecular flexibility index (Phi) is 2.54. The first kappa shape index (κ1) is 9.28. The van der Waals surface area contributed by atoms with Crippen LogP contribution in [0.4, 0.5) is 4.79 Å². The van der Waals surface area contributed by atoms with Crippen LogP contribution in [0.3, 0.4) is 0 Å². The standard InChI is InChI=1S/C7H15N3O2/c1-9(2)5-3-10(7(8)12)4-6(5)11/h5-6,11H,3-4H2,1-2H3,(H2,8,12). The van der Waals surface area contributed by atoms with E-state index >= 15 is 0 Å². The first-order valence-electron chi connectivity index (χ1n) is 3.91. The fourth-order valence-corrected chi connectivity index (χ4v) is 1.46. The minimum Gasteiger partial charge on any atom is -0.390 e. The monoisotopic (exact) mass is 173 g/mol. The maximum absolute atomic E-state index is 10.7. The highest BCUT2D eigenvalue weighted by atomic mass is 16.3. The smallest absolute Gasteiger partial charge is 0.314 e. The second kappa shape index (κ2) is 3.28. The number of aliphatic hydroxyl groups excluding tert-OH is 1. The summed E-state index contributed by atoms with van der Waals surface area (Å²) < 4.78 is 0. The molecule has 0 bridgehead atoms. The van der Waals surface area contributed by atoms with Crippen molar-refractivity contribution in [1.82, 2.24) is 9.80 Å². The van der Waals surface area contributed by atoms with Gasteiger partial charge in [-0.25, -0.2) is 4.79 Å². The number of likely N-dealkylation sites (N-methyl/N-ethyl adjacent to an activating group) is 1. The van der Waals surface area contributed by atoms with Crippen molar-refractivity contribution in [3.8, 4) is 0 Å². The van der Waals surface area contributed by atoms with Gasteiger partial charge in [0.15, 0.2) is 0 Å². The highest BCUT2D eigenvalue weighted by Gasteiger charge is 2.34. The van der Waals surface area contributed by atoms with E-state index in [0.717, 1.165) is 0 Å². The van der Waals surface area contributed by atoms with Gasteiger partial charge in [0.05, 0.1) is 12.1 Å². The molecule has 1 heterocycles. The molecule has 1 aliphatic rings. The molecule has 70 valence electrons. The Morgan fingerprint density at radius 3 is 2.42 bits per heavy atom. The molecule has 2 atom stereocenters. The third-order valence-corrected chi connectivity index (χ3v) is 2.23. The highest BCUT2D eigenvalue weighted by Crippen LogP contribution is 2.13. The lowest BCUT2D eigenvalue weighted by atomic mass is 10.2. The Morgan fingerprint density at radius 1 is 1.58 bits per heavy atom. The molecule has 2 unspecified atom stereocenters. The normalized spacial score (nSPS) is 29.8. The number of hydrogen-bond acceptors (Lipinski definition) is 3. The van der Waals surface area contributed by atoms with Crippen LogP contribution in [0.15, 0.2) is 0 Å². The molecule has 0 saturated carbocycles. The van der Waals surface area contributed by atoms with Crippen molar-refractivity contribution in [1.29, 1.82) is 0 Å². The van der Waals surface area contributed by atoms with Gasteiger partial charge in [0.2, 0.25) is 0 Å². The minimum atomic E-state index is -0.479. The van der Waals surface area contributed by atoms with E-state index in [-0.39, 0.29) is 6.04 Å². The van der Waals surface area contributed by atoms with Gasteiger partial charge in [-0.05, 0) is 14.1 Å². The summed E-state index contributed by atoms with van der Waals surface area (Å²) in [5, 5.41) is 9.49. The number of likely N-dealkylation sites (tertiary alicyclic amines) is 1. The van der Waals surface area contributed by atoms with Crippen LogP contribution >= 0.6 is 0 Å². The molecule has 3 N–H and O–H groups in total. The van der Waals surface area contributed by atoms with Crippen LogP contribution in [0, 0.1) is 0 Å². The molecule has 1 fully saturated rings. The SMILES string of the molecule is CN(C)C1CN(C(N)=O)CC1O. The molecule has 1 aliphatic heterocycles. The van der Waals surface area contributed by atoms with Gasteiger partial charge in [-0.1, -0.05) is 0 Å². The Morgan fingerprint density at radius 2 is 2.17 bits per heavy atom. The number of primary amides is 1. The van der Waals surface area contributed by atoms with Crippen molar-refractivity contribution in [3.05, 3.63) is 0 Å². The Bertz CT molecular complexity index is 183. The van der Waals surface area contributed by atoms with E-state index in [1.54, 1.807) is 0 Å². The molecule has 12 heavy (non-hydrogen) atoms. The summed E-state index contributed by atoms with van der Waals surface area (Å²) in [4.78, 5) is 14.1. The van der Waals surface area contributed by atoms with Crippen molar-refractivity contribution in [2.45, 2.75) is 12.1 Å². The second-order valence-electron chi connectivity index (χ2n) is 3.34. The van der Waals surface area contributed by atoms with Gasteiger partial charge in [0.25, 0.3) is 0 Å². The van der Waals surface area contributed by atoms with Crippen molar-refractivity contribution >= 4 is 6.03 Å². The number of nitrogens with two attached hydrogens (primary N) is 1. The van der Waals surface area contributed by atoms with Crippen molar-refractivity contribution in [2.75, 3.05) is 27.2 Å². The van der Waals surface area contributed by atoms with Crippen LogP contribution in [-0.4, -0.2) is 60.3 Å². The second-order valence-corrected chi connectivity index (χ2v) is 3.34. The number of hydrogen-bond donors (Lipinski definition) is 2. The lowest BCUT2D eigenvalue weighted by Gasteiger charge is -2.21. The maximum Gasteiger partial charge on any atom is 0.314 e. The number of aliphatic hydroxyl groups is 1. The van der Waals surface area contributed by atoms with E-state index in [1.807, 2.05) is 19.0 Å². The molecule has 5 nitrogen and oxygen atoms in total. The van der Waals surface area contributed by atoms with E-state index < -0.39 is 12.1 Å². The summed E-state index contributed by atoms with van der Waals surface area (Å²) in [5.74, 6) is 0. The molecule has 2 amide bonds. The third-order valence-electron chi connectivity index (χ3n) is 2.23. The number of amides is 2. The highest BCUT2D eigenvalue weighted by molar-refractivity contribution is 5.72. The van der Waals surface area contributed by atoms with Crippen LogP contribution in [-0.2, 0) is 0 Å². The number of β-amino-alcohol motifs (C(OH)–C–C–N with tert-alkyl or cyclic N) is 1. The van der Waals surface area contributed by atoms with Gasteiger partial charge in [0.1, 0.15) is 0 Å². The fraction of sp³-hybridized carbons (Fsp3) is 0.857. The number of nitrogens with zero attached hydrogens (tertiary/aromatic N) is 2. The van der Waals surface area contributed by atoms with Crippen molar-refractivity contribution in [3.63, 3.8) is 0 Å². The Balaban J connectivity index is 2.56. The molecule has 0 spiro atoms. The first-order valence-corrected chi connectivity index (χ1v) is 3.91. The summed E-state index contributed by atoms with van der Waals surface area (Å²) in [6, 6.07) is -0.448. The number of carbonyl (C=O) groups excluding carboxylic acids is 1. The van der Waals surface area contributed by atoms with E-state index in [9.17, 15) is 9.90 Å². The number of carbonyl (C=O) groups is 1. The lowest BCUT2D eigenvalue weighted by Crippen LogP contribution is -2.39. The first-order chi connectivity index (χ1) is 5.52. The number of urea groups is 1. The largest absolute Gasteiger partial charge is 0.390 e. The predicted octanol–water partition coefficient (Wildman–Crippen LogP) is -1.33. The third kappa shape index (κ3) is 1.67. The Labute approximate surface area is 71.7 Å². The average molecular weight is 173 g/mol. The molecule has 5 heteroatoms. The molecule has 0 aromatic rings. The zero-order valence-electron chi connectivity index (χ0n) is 7.40. The van der Waals surface area contributed by atoms with Gasteiger partial charge < -0.3 is 20.6 Å². The van der Waals surface area contributed by atoms with E-state index in [0.29, 0.717) is 13.1 Å². The molecule has 1 rings (SSSR count). The lowest BCUT2D eigenvalue weighted by molar-refractivity contribution is 0.113. The van der Waals surface area contributed by atoms with E-state index in [4.69, 9.17) is 5.73 Å². The summed E-state index contributed by atoms with van der Waals surface area (Å²) in [6.07, 6.45) is -0.479. The van der Waals surface area contributed by atoms with Crippen molar-refractivity contribution in [2.24, 2.45) is 5.73 Å². The minimum absolute atomic E-state index is 0.0116. The van der Waals surface area contributed by atoms with Crippen LogP contribution in [0.1, 0.15) is 0 Å². The van der Waals surface area contributed by atoms with E-state index in [1.165, 1.54) is 4.90 Å². The maximum atomic E-state index is 10.7. The topological polar surface area (TPSA) is 69.8 Å². The van der Waals surface area contributed by atoms with Crippen LogP contribution in [0.5, 0.6) is 0 Å². The van der Waals surface area contributed by atoms with Crippen molar-refractivity contribution < 1.29 is 9.90 Å². The van der Waals surface area contributed by atoms with Crippen LogP contribution in [0.25, 0.3) is 0 Å².